The molecule has 1 aliphatic rings. The number of carbonyl (C=O) groups is 2. The average molecular weight is 538 g/mol. The van der Waals surface area contributed by atoms with Gasteiger partial charge in [0.25, 0.3) is 5.91 Å². The van der Waals surface area contributed by atoms with E-state index in [1.165, 1.54) is 4.90 Å². The minimum absolute atomic E-state index is 0.267. The molecule has 8 heteroatoms. The Balaban J connectivity index is 1.61. The molecule has 0 saturated carbocycles. The minimum Gasteiger partial charge on any atom is -0.488 e. The highest BCUT2D eigenvalue weighted by Crippen LogP contribution is 2.39. The number of carbonyl (C=O) groups excluding carboxylic acids is 2. The predicted molar refractivity (Wildman–Crippen MR) is 148 cm³/mol. The molecule has 0 bridgehead atoms. The topological polar surface area (TPSA) is 55.8 Å². The molecule has 5 nitrogen and oxygen atoms in total. The molecule has 184 valence electrons. The van der Waals surface area contributed by atoms with Gasteiger partial charge in [0.1, 0.15) is 16.7 Å². The van der Waals surface area contributed by atoms with E-state index in [1.54, 1.807) is 18.2 Å². The zero-order valence-corrected chi connectivity index (χ0v) is 21.9. The van der Waals surface area contributed by atoms with Gasteiger partial charge >= 0.3 is 5.97 Å². The largest absolute Gasteiger partial charge is 0.488 e. The lowest BCUT2D eigenvalue weighted by Gasteiger charge is -2.25. The Morgan fingerprint density at radius 2 is 1.75 bits per heavy atom. The highest BCUT2D eigenvalue weighted by atomic mass is 35.5. The Labute approximate surface area is 225 Å². The molecule has 1 heterocycles. The molecule has 3 aromatic rings. The first-order valence-corrected chi connectivity index (χ1v) is 13.0. The molecule has 1 saturated heterocycles. The first kappa shape index (κ1) is 25.9. The fourth-order valence-corrected chi connectivity index (χ4v) is 5.15. The first-order chi connectivity index (χ1) is 17.5. The van der Waals surface area contributed by atoms with Crippen LogP contribution in [-0.4, -0.2) is 27.7 Å². The van der Waals surface area contributed by atoms with Crippen molar-refractivity contribution in [3.05, 3.63) is 105 Å². The van der Waals surface area contributed by atoms with Crippen molar-refractivity contribution in [2.45, 2.75) is 26.0 Å². The summed E-state index contributed by atoms with van der Waals surface area (Å²) in [5.74, 6) is -0.262. The molecular formula is C28H24ClNO4S2. The van der Waals surface area contributed by atoms with Crippen LogP contribution in [0.1, 0.15) is 36.1 Å². The summed E-state index contributed by atoms with van der Waals surface area (Å²) in [4.78, 5) is 28.3. The van der Waals surface area contributed by atoms with Gasteiger partial charge in [-0.25, -0.2) is 4.79 Å². The van der Waals surface area contributed by atoms with Gasteiger partial charge in [-0.1, -0.05) is 109 Å². The number of rotatable bonds is 9. The fraction of sp³-hybridized carbons (Fsp3) is 0.179. The van der Waals surface area contributed by atoms with Crippen LogP contribution < -0.4 is 4.74 Å². The number of para-hydroxylation sites is 1. The van der Waals surface area contributed by atoms with Crippen LogP contribution in [0.2, 0.25) is 5.02 Å². The van der Waals surface area contributed by atoms with Crippen LogP contribution in [0.25, 0.3) is 6.08 Å². The van der Waals surface area contributed by atoms with Gasteiger partial charge in [-0.2, -0.15) is 0 Å². The summed E-state index contributed by atoms with van der Waals surface area (Å²) >= 11 is 13.0. The van der Waals surface area contributed by atoms with Gasteiger partial charge in [0, 0.05) is 16.1 Å². The van der Waals surface area contributed by atoms with E-state index >= 15 is 0 Å². The maximum absolute atomic E-state index is 13.5. The van der Waals surface area contributed by atoms with Crippen molar-refractivity contribution in [3.8, 4) is 5.75 Å². The number of thioether (sulfide) groups is 1. The minimum atomic E-state index is -0.956. The summed E-state index contributed by atoms with van der Waals surface area (Å²) < 4.78 is 11.7. The van der Waals surface area contributed by atoms with Crippen molar-refractivity contribution < 1.29 is 19.1 Å². The Kier molecular flexibility index (Phi) is 8.80. The zero-order chi connectivity index (χ0) is 25.5. The molecule has 1 fully saturated rings. The first-order valence-electron chi connectivity index (χ1n) is 11.4. The highest BCUT2D eigenvalue weighted by molar-refractivity contribution is 8.26. The number of amides is 1. The van der Waals surface area contributed by atoms with E-state index in [9.17, 15) is 9.59 Å². The molecule has 0 aromatic heterocycles. The maximum Gasteiger partial charge on any atom is 0.333 e. The summed E-state index contributed by atoms with van der Waals surface area (Å²) in [5, 5.41) is 0.623. The third kappa shape index (κ3) is 5.98. The SMILES string of the molecule is CCCOC(=O)C(c1ccccc1)N1C(=O)/C(=C\c2ccccc2OCc2ccccc2Cl)SC1=S. The van der Waals surface area contributed by atoms with Crippen LogP contribution in [0.15, 0.2) is 83.8 Å². The molecule has 0 spiro atoms. The normalized spacial score (nSPS) is 15.3. The van der Waals surface area contributed by atoms with E-state index in [0.29, 0.717) is 32.0 Å². The molecule has 1 unspecified atom stereocenters. The third-order valence-electron chi connectivity index (χ3n) is 5.42. The van der Waals surface area contributed by atoms with Crippen LogP contribution in [0.4, 0.5) is 0 Å². The fourth-order valence-electron chi connectivity index (χ4n) is 3.65. The van der Waals surface area contributed by atoms with Crippen LogP contribution in [0.5, 0.6) is 5.75 Å². The number of nitrogens with zero attached hydrogens (tertiary/aromatic N) is 1. The van der Waals surface area contributed by atoms with Gasteiger partial charge in [-0.05, 0) is 30.2 Å². The smallest absolute Gasteiger partial charge is 0.333 e. The quantitative estimate of drug-likeness (QED) is 0.170. The summed E-state index contributed by atoms with van der Waals surface area (Å²) in [6.45, 7) is 2.46. The standard InChI is InChI=1S/C28H24ClNO4S2/c1-2-16-33-27(32)25(19-10-4-3-5-11-19)30-26(31)24(36-28(30)35)17-20-12-7-9-15-23(20)34-18-21-13-6-8-14-22(21)29/h3-15,17,25H,2,16,18H2,1H3/b24-17+. The predicted octanol–water partition coefficient (Wildman–Crippen LogP) is 6.81. The van der Waals surface area contributed by atoms with Crippen LogP contribution in [0.3, 0.4) is 0 Å². The van der Waals surface area contributed by atoms with Crippen LogP contribution >= 0.6 is 35.6 Å². The number of ether oxygens (including phenoxy) is 2. The molecule has 0 aliphatic carbocycles. The summed E-state index contributed by atoms with van der Waals surface area (Å²) in [7, 11) is 0. The van der Waals surface area contributed by atoms with Crippen molar-refractivity contribution in [2.75, 3.05) is 6.61 Å². The number of hydrogen-bond acceptors (Lipinski definition) is 6. The number of hydrogen-bond donors (Lipinski definition) is 0. The monoisotopic (exact) mass is 537 g/mol. The molecule has 36 heavy (non-hydrogen) atoms. The highest BCUT2D eigenvalue weighted by Gasteiger charge is 2.42. The Bertz CT molecular complexity index is 1300. The van der Waals surface area contributed by atoms with Crippen molar-refractivity contribution >= 4 is 57.9 Å². The van der Waals surface area contributed by atoms with Crippen LogP contribution in [-0.2, 0) is 20.9 Å². The molecule has 3 aromatic carbocycles. The molecule has 1 amide bonds. The summed E-state index contributed by atoms with van der Waals surface area (Å²) in [5.41, 5.74) is 2.21. The second-order valence-corrected chi connectivity index (χ2v) is 10.0. The molecule has 0 N–H and O–H groups in total. The molecular weight excluding hydrogens is 514 g/mol. The third-order valence-corrected chi connectivity index (χ3v) is 7.11. The van der Waals surface area contributed by atoms with Gasteiger partial charge < -0.3 is 9.47 Å². The molecule has 1 atom stereocenters. The lowest BCUT2D eigenvalue weighted by Crippen LogP contribution is -2.38. The average Bonchev–Trinajstić information content (AvgIpc) is 3.16. The van der Waals surface area contributed by atoms with Gasteiger partial charge in [0.15, 0.2) is 6.04 Å². The molecule has 1 aliphatic heterocycles. The van der Waals surface area contributed by atoms with Crippen molar-refractivity contribution in [1.82, 2.24) is 4.90 Å². The lowest BCUT2D eigenvalue weighted by molar-refractivity contribution is -0.151. The number of halogens is 1. The Morgan fingerprint density at radius 3 is 2.50 bits per heavy atom. The number of benzene rings is 3. The van der Waals surface area contributed by atoms with E-state index in [2.05, 4.69) is 0 Å². The van der Waals surface area contributed by atoms with E-state index in [1.807, 2.05) is 73.7 Å². The van der Waals surface area contributed by atoms with E-state index in [4.69, 9.17) is 33.3 Å². The summed E-state index contributed by atoms with van der Waals surface area (Å²) in [6, 6.07) is 23.0. The molecule has 4 rings (SSSR count). The van der Waals surface area contributed by atoms with Gasteiger partial charge in [-0.15, -0.1) is 0 Å². The summed E-state index contributed by atoms with van der Waals surface area (Å²) in [6.07, 6.45) is 2.41. The Hall–Kier alpha value is -3.13. The van der Waals surface area contributed by atoms with Gasteiger partial charge in [0.05, 0.1) is 11.5 Å². The molecule has 0 radical (unpaired) electrons. The lowest BCUT2D eigenvalue weighted by atomic mass is 10.1. The second-order valence-electron chi connectivity index (χ2n) is 7.95. The zero-order valence-electron chi connectivity index (χ0n) is 19.6. The van der Waals surface area contributed by atoms with Crippen molar-refractivity contribution in [3.63, 3.8) is 0 Å². The van der Waals surface area contributed by atoms with Gasteiger partial charge in [-0.3, -0.25) is 9.69 Å². The van der Waals surface area contributed by atoms with Crippen LogP contribution in [0, 0.1) is 0 Å². The van der Waals surface area contributed by atoms with E-state index in [-0.39, 0.29) is 19.1 Å². The number of thiocarbonyl (C=S) groups is 1. The van der Waals surface area contributed by atoms with Crippen molar-refractivity contribution in [2.24, 2.45) is 0 Å². The Morgan fingerprint density at radius 1 is 1.06 bits per heavy atom. The van der Waals surface area contributed by atoms with Crippen molar-refractivity contribution in [1.29, 1.82) is 0 Å². The number of esters is 1. The maximum atomic E-state index is 13.5. The van der Waals surface area contributed by atoms with E-state index < -0.39 is 12.0 Å². The second kappa shape index (κ2) is 12.2. The van der Waals surface area contributed by atoms with Gasteiger partial charge in [0.2, 0.25) is 0 Å². The van der Waals surface area contributed by atoms with E-state index in [0.717, 1.165) is 22.9 Å².